The van der Waals surface area contributed by atoms with Gasteiger partial charge in [-0.05, 0) is 17.7 Å². The average Bonchev–Trinajstić information content (AvgIpc) is 3.05. The summed E-state index contributed by atoms with van der Waals surface area (Å²) in [6, 6.07) is 7.81. The molecule has 0 amide bonds. The van der Waals surface area contributed by atoms with Gasteiger partial charge in [0.1, 0.15) is 17.2 Å². The molecule has 0 spiro atoms. The van der Waals surface area contributed by atoms with Gasteiger partial charge in [0, 0.05) is 20.0 Å². The van der Waals surface area contributed by atoms with Crippen LogP contribution in [0.15, 0.2) is 29.3 Å². The molecule has 1 N–H and O–H groups in total. The molecule has 7 heteroatoms. The average molecular weight is 366 g/mol. The number of thioether (sulfide) groups is 1. The summed E-state index contributed by atoms with van der Waals surface area (Å²) in [7, 11) is 5.61. The fraction of sp³-hybridized carbons (Fsp3) is 0.611. The Morgan fingerprint density at radius 3 is 2.60 bits per heavy atom. The molecule has 3 rings (SSSR count). The predicted octanol–water partition coefficient (Wildman–Crippen LogP) is 1.97. The first-order valence-corrected chi connectivity index (χ1v) is 9.34. The summed E-state index contributed by atoms with van der Waals surface area (Å²) < 4.78 is 17.5. The summed E-state index contributed by atoms with van der Waals surface area (Å²) in [5, 5.41) is 10.6. The van der Waals surface area contributed by atoms with E-state index in [0.29, 0.717) is 6.61 Å². The zero-order valence-corrected chi connectivity index (χ0v) is 15.9. The number of aliphatic hydroxyl groups is 1. The minimum absolute atomic E-state index is 0.00929. The van der Waals surface area contributed by atoms with Crippen LogP contribution in [0.4, 0.5) is 0 Å². The van der Waals surface area contributed by atoms with Crippen molar-refractivity contribution in [3.63, 3.8) is 0 Å². The maximum atomic E-state index is 9.67. The third-order valence-electron chi connectivity index (χ3n) is 4.67. The Bertz CT molecular complexity index is 608. The highest BCUT2D eigenvalue weighted by molar-refractivity contribution is 8.14. The van der Waals surface area contributed by atoms with Crippen molar-refractivity contribution >= 4 is 16.9 Å². The molecule has 1 saturated heterocycles. The smallest absolute Gasteiger partial charge is 0.161 e. The second-order valence-electron chi connectivity index (χ2n) is 6.62. The number of fused-ring (bicyclic) bond motifs is 1. The van der Waals surface area contributed by atoms with Crippen LogP contribution in [0.1, 0.15) is 12.5 Å². The lowest BCUT2D eigenvalue weighted by Gasteiger charge is -2.41. The van der Waals surface area contributed by atoms with Crippen molar-refractivity contribution in [3.05, 3.63) is 29.8 Å². The van der Waals surface area contributed by atoms with E-state index in [9.17, 15) is 5.11 Å². The van der Waals surface area contributed by atoms with E-state index in [1.807, 2.05) is 43.3 Å². The molecule has 1 aromatic rings. The predicted molar refractivity (Wildman–Crippen MR) is 99.0 cm³/mol. The molecule has 0 aromatic heterocycles. The molecule has 1 aromatic carbocycles. The Hall–Kier alpha value is -1.28. The number of benzene rings is 1. The number of rotatable bonds is 5. The van der Waals surface area contributed by atoms with Crippen LogP contribution in [0, 0.1) is 5.92 Å². The van der Waals surface area contributed by atoms with Crippen LogP contribution in [-0.2, 0) is 16.1 Å². The first kappa shape index (κ1) is 18.5. The van der Waals surface area contributed by atoms with Gasteiger partial charge in [-0.15, -0.1) is 0 Å². The number of nitrogens with zero attached hydrogens (tertiary/aromatic N) is 2. The molecule has 1 fully saturated rings. The SMILES string of the molecule is COc1ccc(CO[C@H]2[C@H](C)[C@@H](CO)O[C@@H]3SC(N(C)C)=N[C@H]23)cc1. The lowest BCUT2D eigenvalue weighted by molar-refractivity contribution is -0.148. The van der Waals surface area contributed by atoms with E-state index in [1.165, 1.54) is 0 Å². The first-order chi connectivity index (χ1) is 12.0. The van der Waals surface area contributed by atoms with Gasteiger partial charge < -0.3 is 24.2 Å². The van der Waals surface area contributed by atoms with Crippen LogP contribution in [0.2, 0.25) is 0 Å². The number of hydrogen-bond donors (Lipinski definition) is 1. The van der Waals surface area contributed by atoms with Crippen LogP contribution in [0.5, 0.6) is 5.75 Å². The van der Waals surface area contributed by atoms with Crippen LogP contribution in [0.3, 0.4) is 0 Å². The number of aliphatic imine (C=N–C) groups is 1. The number of ether oxygens (including phenoxy) is 3. The third kappa shape index (κ3) is 3.95. The highest BCUT2D eigenvalue weighted by atomic mass is 32.2. The monoisotopic (exact) mass is 366 g/mol. The molecule has 0 aliphatic carbocycles. The van der Waals surface area contributed by atoms with E-state index >= 15 is 0 Å². The third-order valence-corrected chi connectivity index (χ3v) is 5.98. The van der Waals surface area contributed by atoms with Gasteiger partial charge in [0.15, 0.2) is 5.17 Å². The normalized spacial score (nSPS) is 31.4. The van der Waals surface area contributed by atoms with Gasteiger partial charge in [0.25, 0.3) is 0 Å². The van der Waals surface area contributed by atoms with Crippen molar-refractivity contribution in [2.24, 2.45) is 10.9 Å². The topological polar surface area (TPSA) is 63.5 Å². The van der Waals surface area contributed by atoms with Crippen LogP contribution in [-0.4, -0.2) is 66.7 Å². The molecule has 2 aliphatic rings. The number of amidine groups is 1. The zero-order valence-electron chi connectivity index (χ0n) is 15.1. The first-order valence-electron chi connectivity index (χ1n) is 8.46. The molecule has 25 heavy (non-hydrogen) atoms. The second kappa shape index (κ2) is 7.95. The summed E-state index contributed by atoms with van der Waals surface area (Å²) in [4.78, 5) is 6.80. The van der Waals surface area contributed by atoms with Gasteiger partial charge in [-0.3, -0.25) is 4.99 Å². The van der Waals surface area contributed by atoms with Gasteiger partial charge in [-0.25, -0.2) is 0 Å². The highest BCUT2D eigenvalue weighted by Crippen LogP contribution is 2.40. The van der Waals surface area contributed by atoms with Gasteiger partial charge in [0.05, 0.1) is 32.5 Å². The van der Waals surface area contributed by atoms with E-state index in [-0.39, 0.29) is 36.2 Å². The largest absolute Gasteiger partial charge is 0.497 e. The molecule has 0 saturated carbocycles. The molecule has 2 aliphatic heterocycles. The Labute approximate surface area is 153 Å². The van der Waals surface area contributed by atoms with Crippen LogP contribution >= 0.6 is 11.8 Å². The fourth-order valence-electron chi connectivity index (χ4n) is 3.14. The summed E-state index contributed by atoms with van der Waals surface area (Å²) >= 11 is 1.60. The molecule has 2 heterocycles. The van der Waals surface area contributed by atoms with Crippen LogP contribution < -0.4 is 4.74 Å². The Balaban J connectivity index is 1.73. The number of aliphatic hydroxyl groups excluding tert-OH is 1. The Morgan fingerprint density at radius 1 is 1.28 bits per heavy atom. The summed E-state index contributed by atoms with van der Waals surface area (Å²) in [6.45, 7) is 2.55. The molecular weight excluding hydrogens is 340 g/mol. The minimum Gasteiger partial charge on any atom is -0.497 e. The number of methoxy groups -OCH3 is 1. The number of hydrogen-bond acceptors (Lipinski definition) is 7. The van der Waals surface area contributed by atoms with E-state index < -0.39 is 0 Å². The summed E-state index contributed by atoms with van der Waals surface area (Å²) in [5.74, 6) is 0.895. The van der Waals surface area contributed by atoms with Gasteiger partial charge in [-0.2, -0.15) is 0 Å². The molecular formula is C18H26N2O4S. The molecule has 0 radical (unpaired) electrons. The van der Waals surface area contributed by atoms with Crippen molar-refractivity contribution in [1.29, 1.82) is 0 Å². The Morgan fingerprint density at radius 2 is 2.00 bits per heavy atom. The molecule has 0 bridgehead atoms. The van der Waals surface area contributed by atoms with E-state index in [4.69, 9.17) is 19.2 Å². The van der Waals surface area contributed by atoms with Crippen molar-refractivity contribution in [3.8, 4) is 5.75 Å². The molecule has 138 valence electrons. The highest BCUT2D eigenvalue weighted by Gasteiger charge is 2.48. The lowest BCUT2D eigenvalue weighted by Crippen LogP contribution is -2.52. The van der Waals surface area contributed by atoms with Crippen molar-refractivity contribution in [2.75, 3.05) is 27.8 Å². The van der Waals surface area contributed by atoms with E-state index in [0.717, 1.165) is 16.5 Å². The molecule has 6 nitrogen and oxygen atoms in total. The van der Waals surface area contributed by atoms with Gasteiger partial charge >= 0.3 is 0 Å². The quantitative estimate of drug-likeness (QED) is 0.860. The van der Waals surface area contributed by atoms with Gasteiger partial charge in [-0.1, -0.05) is 30.8 Å². The maximum Gasteiger partial charge on any atom is 0.161 e. The summed E-state index contributed by atoms with van der Waals surface area (Å²) in [6.07, 6.45) is -0.325. The summed E-state index contributed by atoms with van der Waals surface area (Å²) in [5.41, 5.74) is 0.977. The minimum atomic E-state index is -0.230. The fourth-order valence-corrected chi connectivity index (χ4v) is 4.30. The second-order valence-corrected chi connectivity index (χ2v) is 7.69. The maximum absolute atomic E-state index is 9.67. The van der Waals surface area contributed by atoms with Crippen molar-refractivity contribution in [2.45, 2.75) is 37.2 Å². The van der Waals surface area contributed by atoms with Gasteiger partial charge in [0.2, 0.25) is 0 Å². The Kier molecular flexibility index (Phi) is 5.89. The van der Waals surface area contributed by atoms with E-state index in [2.05, 4.69) is 6.92 Å². The molecule has 5 atom stereocenters. The van der Waals surface area contributed by atoms with E-state index in [1.54, 1.807) is 18.9 Å². The van der Waals surface area contributed by atoms with Crippen molar-refractivity contribution < 1.29 is 19.3 Å². The van der Waals surface area contributed by atoms with Crippen LogP contribution in [0.25, 0.3) is 0 Å². The molecule has 0 unspecified atom stereocenters. The zero-order chi connectivity index (χ0) is 18.0. The standard InChI is InChI=1S/C18H26N2O4S/c1-11-14(9-21)24-17-15(19-18(25-17)20(2)3)16(11)23-10-12-5-7-13(22-4)8-6-12/h5-8,11,14-17,21H,9-10H2,1-4H3/t11-,14-,15-,16+,17-/m1/s1. The lowest BCUT2D eigenvalue weighted by atomic mass is 9.90. The van der Waals surface area contributed by atoms with Crippen molar-refractivity contribution in [1.82, 2.24) is 4.90 Å².